The number of hydrogen-bond donors (Lipinski definition) is 2. The van der Waals surface area contributed by atoms with Crippen molar-refractivity contribution >= 4 is 18.6 Å². The Bertz CT molecular complexity index is 516. The summed E-state index contributed by atoms with van der Waals surface area (Å²) in [6.07, 6.45) is 0.966. The van der Waals surface area contributed by atoms with Crippen LogP contribution in [0.5, 0.6) is 5.75 Å². The first-order valence-electron chi connectivity index (χ1n) is 7.79. The van der Waals surface area contributed by atoms with E-state index in [1.807, 2.05) is 12.1 Å². The molecule has 0 amide bonds. The molecule has 1 aromatic carbocycles. The number of ether oxygens (including phenoxy) is 1. The van der Waals surface area contributed by atoms with Gasteiger partial charge in [0.05, 0.1) is 0 Å². The number of thiol groups is 1. The standard InChI is InChI=1S/C18H28O3S/c1-12(2)14-10-13(6-7-16(19)21-8-9-22)11-15(17(14)20)18(3,4)5/h10-12,20,22H,6-9H2,1-5H3. The third-order valence-electron chi connectivity index (χ3n) is 3.60. The SMILES string of the molecule is CC(C)c1cc(CCC(=O)OCCS)cc(C(C)(C)C)c1O. The van der Waals surface area contributed by atoms with Crippen molar-refractivity contribution in [3.05, 3.63) is 28.8 Å². The molecule has 0 aromatic heterocycles. The van der Waals surface area contributed by atoms with Crippen LogP contribution in [0.3, 0.4) is 0 Å². The van der Waals surface area contributed by atoms with Crippen LogP contribution >= 0.6 is 12.6 Å². The average Bonchev–Trinajstić information content (AvgIpc) is 2.42. The maximum Gasteiger partial charge on any atom is 0.306 e. The van der Waals surface area contributed by atoms with Crippen LogP contribution in [0.15, 0.2) is 12.1 Å². The third kappa shape index (κ3) is 5.24. The van der Waals surface area contributed by atoms with Gasteiger partial charge in [0, 0.05) is 12.2 Å². The number of phenols is 1. The monoisotopic (exact) mass is 324 g/mol. The zero-order chi connectivity index (χ0) is 16.9. The number of benzene rings is 1. The Labute approximate surface area is 139 Å². The number of aryl methyl sites for hydroxylation is 1. The molecule has 0 aliphatic heterocycles. The predicted molar refractivity (Wildman–Crippen MR) is 94.0 cm³/mol. The van der Waals surface area contributed by atoms with Crippen molar-refractivity contribution in [2.24, 2.45) is 0 Å². The van der Waals surface area contributed by atoms with Gasteiger partial charge in [0.2, 0.25) is 0 Å². The van der Waals surface area contributed by atoms with Gasteiger partial charge in [-0.05, 0) is 34.4 Å². The van der Waals surface area contributed by atoms with E-state index in [2.05, 4.69) is 47.2 Å². The van der Waals surface area contributed by atoms with Crippen LogP contribution in [0.4, 0.5) is 0 Å². The van der Waals surface area contributed by atoms with Gasteiger partial charge in [-0.1, -0.05) is 46.8 Å². The number of carbonyl (C=O) groups is 1. The molecule has 0 aliphatic carbocycles. The molecule has 124 valence electrons. The van der Waals surface area contributed by atoms with E-state index in [0.29, 0.717) is 31.0 Å². The molecule has 0 saturated heterocycles. The van der Waals surface area contributed by atoms with E-state index in [1.54, 1.807) is 0 Å². The Morgan fingerprint density at radius 3 is 2.45 bits per heavy atom. The summed E-state index contributed by atoms with van der Waals surface area (Å²) in [5.41, 5.74) is 2.79. The molecule has 1 N–H and O–H groups in total. The lowest BCUT2D eigenvalue weighted by Gasteiger charge is -2.24. The molecule has 0 atom stereocenters. The van der Waals surface area contributed by atoms with E-state index >= 15 is 0 Å². The molecule has 4 heteroatoms. The smallest absolute Gasteiger partial charge is 0.306 e. The number of esters is 1. The number of aromatic hydroxyl groups is 1. The van der Waals surface area contributed by atoms with E-state index in [4.69, 9.17) is 4.74 Å². The van der Waals surface area contributed by atoms with E-state index in [1.165, 1.54) is 0 Å². The molecule has 0 spiro atoms. The zero-order valence-corrected chi connectivity index (χ0v) is 15.2. The highest BCUT2D eigenvalue weighted by molar-refractivity contribution is 7.80. The number of rotatable bonds is 6. The molecule has 0 fully saturated rings. The Hall–Kier alpha value is -1.16. The molecular weight excluding hydrogens is 296 g/mol. The minimum Gasteiger partial charge on any atom is -0.507 e. The van der Waals surface area contributed by atoms with Gasteiger partial charge in [0.15, 0.2) is 0 Å². The summed E-state index contributed by atoms with van der Waals surface area (Å²) >= 11 is 4.02. The lowest BCUT2D eigenvalue weighted by atomic mass is 9.82. The largest absolute Gasteiger partial charge is 0.507 e. The maximum atomic E-state index is 11.6. The summed E-state index contributed by atoms with van der Waals surface area (Å²) in [6, 6.07) is 4.01. The molecule has 1 aromatic rings. The van der Waals surface area contributed by atoms with Gasteiger partial charge in [-0.25, -0.2) is 0 Å². The van der Waals surface area contributed by atoms with Crippen LogP contribution in [-0.4, -0.2) is 23.4 Å². The maximum absolute atomic E-state index is 11.6. The van der Waals surface area contributed by atoms with Crippen molar-refractivity contribution in [2.45, 2.75) is 58.8 Å². The fourth-order valence-corrected chi connectivity index (χ4v) is 2.44. The molecule has 0 bridgehead atoms. The highest BCUT2D eigenvalue weighted by Gasteiger charge is 2.22. The normalized spacial score (nSPS) is 11.8. The van der Waals surface area contributed by atoms with Gasteiger partial charge >= 0.3 is 5.97 Å². The molecular formula is C18H28O3S. The second-order valence-electron chi connectivity index (χ2n) is 6.93. The van der Waals surface area contributed by atoms with Crippen molar-refractivity contribution in [1.29, 1.82) is 0 Å². The highest BCUT2D eigenvalue weighted by atomic mass is 32.1. The van der Waals surface area contributed by atoms with Crippen molar-refractivity contribution in [3.8, 4) is 5.75 Å². The molecule has 0 heterocycles. The zero-order valence-electron chi connectivity index (χ0n) is 14.3. The van der Waals surface area contributed by atoms with Crippen molar-refractivity contribution in [2.75, 3.05) is 12.4 Å². The minimum absolute atomic E-state index is 0.143. The molecule has 1 rings (SSSR count). The predicted octanol–water partition coefficient (Wildman–Crippen LogP) is 4.22. The summed E-state index contributed by atoms with van der Waals surface area (Å²) in [5, 5.41) is 10.5. The van der Waals surface area contributed by atoms with Gasteiger partial charge < -0.3 is 9.84 Å². The first-order chi connectivity index (χ1) is 10.2. The second kappa shape index (κ2) is 7.91. The highest BCUT2D eigenvalue weighted by Crippen LogP contribution is 2.37. The first-order valence-corrected chi connectivity index (χ1v) is 8.42. The summed E-state index contributed by atoms with van der Waals surface area (Å²) < 4.78 is 5.05. The van der Waals surface area contributed by atoms with Crippen molar-refractivity contribution in [1.82, 2.24) is 0 Å². The van der Waals surface area contributed by atoms with Gasteiger partial charge in [-0.15, -0.1) is 0 Å². The molecule has 3 nitrogen and oxygen atoms in total. The van der Waals surface area contributed by atoms with Crippen LogP contribution in [0.25, 0.3) is 0 Å². The van der Waals surface area contributed by atoms with Gasteiger partial charge in [-0.3, -0.25) is 4.79 Å². The van der Waals surface area contributed by atoms with Crippen molar-refractivity contribution in [3.63, 3.8) is 0 Å². The second-order valence-corrected chi connectivity index (χ2v) is 7.38. The number of hydrogen-bond acceptors (Lipinski definition) is 4. The summed E-state index contributed by atoms with van der Waals surface area (Å²) in [4.78, 5) is 11.6. The topological polar surface area (TPSA) is 46.5 Å². The van der Waals surface area contributed by atoms with E-state index < -0.39 is 0 Å². The van der Waals surface area contributed by atoms with E-state index in [9.17, 15) is 9.90 Å². The Balaban J connectivity index is 3.00. The van der Waals surface area contributed by atoms with Gasteiger partial charge in [0.1, 0.15) is 12.4 Å². The van der Waals surface area contributed by atoms with Gasteiger partial charge in [0.25, 0.3) is 0 Å². The molecule has 0 aliphatic rings. The Kier molecular flexibility index (Phi) is 6.79. The summed E-state index contributed by atoms with van der Waals surface area (Å²) in [6.45, 7) is 10.7. The quantitative estimate of drug-likeness (QED) is 0.608. The fraction of sp³-hybridized carbons (Fsp3) is 0.611. The average molecular weight is 324 g/mol. The summed E-state index contributed by atoms with van der Waals surface area (Å²) in [5.74, 6) is 0.947. The van der Waals surface area contributed by atoms with Crippen LogP contribution < -0.4 is 0 Å². The van der Waals surface area contributed by atoms with Crippen LogP contribution in [0.2, 0.25) is 0 Å². The van der Waals surface area contributed by atoms with Crippen molar-refractivity contribution < 1.29 is 14.6 Å². The number of phenolic OH excluding ortho intramolecular Hbond substituents is 1. The van der Waals surface area contributed by atoms with E-state index in [0.717, 1.165) is 16.7 Å². The van der Waals surface area contributed by atoms with Crippen LogP contribution in [0, 0.1) is 0 Å². The minimum atomic E-state index is -0.203. The number of carbonyl (C=O) groups excluding carboxylic acids is 1. The molecule has 0 radical (unpaired) electrons. The third-order valence-corrected chi connectivity index (χ3v) is 3.78. The first kappa shape index (κ1) is 18.9. The lowest BCUT2D eigenvalue weighted by molar-refractivity contribution is -0.142. The van der Waals surface area contributed by atoms with E-state index in [-0.39, 0.29) is 17.3 Å². The molecule has 0 unspecified atom stereocenters. The summed E-state index contributed by atoms with van der Waals surface area (Å²) in [7, 11) is 0. The van der Waals surface area contributed by atoms with Crippen LogP contribution in [-0.2, 0) is 21.4 Å². The molecule has 0 saturated carbocycles. The fourth-order valence-electron chi connectivity index (χ4n) is 2.35. The van der Waals surface area contributed by atoms with Crippen LogP contribution in [0.1, 0.15) is 63.6 Å². The molecule has 22 heavy (non-hydrogen) atoms. The Morgan fingerprint density at radius 1 is 1.32 bits per heavy atom. The lowest BCUT2D eigenvalue weighted by Crippen LogP contribution is -2.14. The van der Waals surface area contributed by atoms with Gasteiger partial charge in [-0.2, -0.15) is 12.6 Å². The Morgan fingerprint density at radius 2 is 1.95 bits per heavy atom.